The Balaban J connectivity index is 1.92. The van der Waals surface area contributed by atoms with Crippen LogP contribution >= 0.6 is 0 Å². The number of nitrogens with one attached hydrogen (secondary N) is 1. The first kappa shape index (κ1) is 22.0. The van der Waals surface area contributed by atoms with Crippen LogP contribution < -0.4 is 9.62 Å². The molecule has 0 aliphatic carbocycles. The molecule has 1 amide bonds. The van der Waals surface area contributed by atoms with Gasteiger partial charge in [0.1, 0.15) is 0 Å². The zero-order chi connectivity index (χ0) is 20.7. The minimum absolute atomic E-state index is 0.0784. The van der Waals surface area contributed by atoms with Gasteiger partial charge in [0.15, 0.2) is 0 Å². The summed E-state index contributed by atoms with van der Waals surface area (Å²) in [7, 11) is -3.41. The summed E-state index contributed by atoms with van der Waals surface area (Å²) in [6, 6.07) is 15.5. The third-order valence-electron chi connectivity index (χ3n) is 4.81. The van der Waals surface area contributed by atoms with Crippen LogP contribution in [0.15, 0.2) is 48.5 Å². The van der Waals surface area contributed by atoms with Gasteiger partial charge in [0, 0.05) is 13.0 Å². The number of hydrogen-bond acceptors (Lipinski definition) is 3. The van der Waals surface area contributed by atoms with E-state index < -0.39 is 10.0 Å². The van der Waals surface area contributed by atoms with Crippen LogP contribution in [0.25, 0.3) is 0 Å². The molecule has 0 spiro atoms. The van der Waals surface area contributed by atoms with E-state index in [1.54, 1.807) is 6.07 Å². The van der Waals surface area contributed by atoms with Crippen molar-refractivity contribution in [3.8, 4) is 0 Å². The van der Waals surface area contributed by atoms with E-state index >= 15 is 0 Å². The molecule has 0 aliphatic rings. The summed E-state index contributed by atoms with van der Waals surface area (Å²) in [6.07, 6.45) is 2.91. The Kier molecular flexibility index (Phi) is 7.63. The molecule has 0 aliphatic heterocycles. The van der Waals surface area contributed by atoms with Crippen LogP contribution in [0.2, 0.25) is 0 Å². The van der Waals surface area contributed by atoms with Gasteiger partial charge in [0.2, 0.25) is 15.9 Å². The fraction of sp³-hybridized carbons (Fsp3) is 0.409. The quantitative estimate of drug-likeness (QED) is 0.690. The molecule has 2 aromatic rings. The van der Waals surface area contributed by atoms with E-state index in [1.807, 2.05) is 44.2 Å². The second-order valence-corrected chi connectivity index (χ2v) is 9.02. The third kappa shape index (κ3) is 6.09. The van der Waals surface area contributed by atoms with Crippen LogP contribution in [0.1, 0.15) is 49.4 Å². The van der Waals surface area contributed by atoms with E-state index in [9.17, 15) is 13.2 Å². The minimum atomic E-state index is -3.41. The maximum absolute atomic E-state index is 12.3. The van der Waals surface area contributed by atoms with Gasteiger partial charge in [-0.15, -0.1) is 0 Å². The average molecular weight is 403 g/mol. The van der Waals surface area contributed by atoms with Gasteiger partial charge in [-0.05, 0) is 49.4 Å². The lowest BCUT2D eigenvalue weighted by Gasteiger charge is -2.24. The summed E-state index contributed by atoms with van der Waals surface area (Å²) >= 11 is 0. The monoisotopic (exact) mass is 402 g/mol. The van der Waals surface area contributed by atoms with Gasteiger partial charge in [0.05, 0.1) is 18.0 Å². The third-order valence-corrected chi connectivity index (χ3v) is 5.99. The van der Waals surface area contributed by atoms with Gasteiger partial charge in [0.25, 0.3) is 0 Å². The fourth-order valence-electron chi connectivity index (χ4n) is 3.13. The van der Waals surface area contributed by atoms with Crippen molar-refractivity contribution in [1.29, 1.82) is 0 Å². The summed E-state index contributed by atoms with van der Waals surface area (Å²) in [5.74, 6) is -0.0784. The highest BCUT2D eigenvalue weighted by Crippen LogP contribution is 2.22. The standard InChI is InChI=1S/C22H30N2O3S/c1-5-19-12-14-20(15-13-19)18(3)23-22(25)11-8-16-24(28(4,26)27)21-10-7-6-9-17(21)2/h6-7,9-10,12-15,18H,5,8,11,16H2,1-4H3,(H,23,25)/t18-/m1/s1. The van der Waals surface area contributed by atoms with Crippen molar-refractivity contribution in [3.05, 3.63) is 65.2 Å². The Hall–Kier alpha value is -2.34. The Morgan fingerprint density at radius 3 is 2.32 bits per heavy atom. The highest BCUT2D eigenvalue weighted by Gasteiger charge is 2.19. The van der Waals surface area contributed by atoms with Gasteiger partial charge >= 0.3 is 0 Å². The molecule has 1 N–H and O–H groups in total. The van der Waals surface area contributed by atoms with Gasteiger partial charge in [-0.3, -0.25) is 9.10 Å². The summed E-state index contributed by atoms with van der Waals surface area (Å²) in [5.41, 5.74) is 3.87. The number of amides is 1. The molecule has 5 nitrogen and oxygen atoms in total. The number of anilines is 1. The van der Waals surface area contributed by atoms with Crippen LogP contribution in [0.4, 0.5) is 5.69 Å². The predicted octanol–water partition coefficient (Wildman–Crippen LogP) is 3.98. The molecule has 0 radical (unpaired) electrons. The summed E-state index contributed by atoms with van der Waals surface area (Å²) < 4.78 is 25.8. The summed E-state index contributed by atoms with van der Waals surface area (Å²) in [4.78, 5) is 12.3. The fourth-order valence-corrected chi connectivity index (χ4v) is 4.15. The lowest BCUT2D eigenvalue weighted by atomic mass is 10.0. The molecule has 0 aromatic heterocycles. The number of benzene rings is 2. The van der Waals surface area contributed by atoms with Gasteiger partial charge in [-0.1, -0.05) is 49.4 Å². The summed E-state index contributed by atoms with van der Waals surface area (Å²) in [6.45, 7) is 6.22. The topological polar surface area (TPSA) is 66.5 Å². The molecule has 2 rings (SSSR count). The van der Waals surface area contributed by atoms with Crippen LogP contribution in [-0.4, -0.2) is 27.1 Å². The van der Waals surface area contributed by atoms with Gasteiger partial charge in [-0.2, -0.15) is 0 Å². The van der Waals surface area contributed by atoms with Crippen LogP contribution in [0.5, 0.6) is 0 Å². The van der Waals surface area contributed by atoms with Crippen LogP contribution in [-0.2, 0) is 21.2 Å². The smallest absolute Gasteiger partial charge is 0.232 e. The number of para-hydroxylation sites is 1. The molecular weight excluding hydrogens is 372 g/mol. The van der Waals surface area contributed by atoms with Gasteiger partial charge < -0.3 is 5.32 Å². The molecule has 0 saturated heterocycles. The van der Waals surface area contributed by atoms with Crippen molar-refractivity contribution in [3.63, 3.8) is 0 Å². The average Bonchev–Trinajstić information content (AvgIpc) is 2.65. The Morgan fingerprint density at radius 1 is 1.11 bits per heavy atom. The zero-order valence-corrected chi connectivity index (χ0v) is 17.9. The first-order valence-corrected chi connectivity index (χ1v) is 11.5. The maximum Gasteiger partial charge on any atom is 0.232 e. The van der Waals surface area contributed by atoms with Crippen molar-refractivity contribution < 1.29 is 13.2 Å². The minimum Gasteiger partial charge on any atom is -0.350 e. The SMILES string of the molecule is CCc1ccc([C@@H](C)NC(=O)CCCN(c2ccccc2C)S(C)(=O)=O)cc1. The number of rotatable bonds is 9. The largest absolute Gasteiger partial charge is 0.350 e. The molecule has 0 bridgehead atoms. The van der Waals surface area contributed by atoms with Gasteiger partial charge in [-0.25, -0.2) is 8.42 Å². The number of hydrogen-bond donors (Lipinski definition) is 1. The Bertz CT molecular complexity index is 892. The van der Waals surface area contributed by atoms with Crippen LogP contribution in [0, 0.1) is 6.92 Å². The van der Waals surface area contributed by atoms with Crippen molar-refractivity contribution >= 4 is 21.6 Å². The molecule has 0 saturated carbocycles. The molecule has 0 fully saturated rings. The van der Waals surface area contributed by atoms with E-state index in [0.29, 0.717) is 12.1 Å². The maximum atomic E-state index is 12.3. The number of sulfonamides is 1. The van der Waals surface area contributed by atoms with Crippen molar-refractivity contribution in [1.82, 2.24) is 5.32 Å². The van der Waals surface area contributed by atoms with E-state index in [4.69, 9.17) is 0 Å². The highest BCUT2D eigenvalue weighted by atomic mass is 32.2. The predicted molar refractivity (Wildman–Crippen MR) is 115 cm³/mol. The first-order valence-electron chi connectivity index (χ1n) is 9.64. The number of aryl methyl sites for hydroxylation is 2. The molecule has 0 unspecified atom stereocenters. The molecular formula is C22H30N2O3S. The first-order chi connectivity index (χ1) is 13.2. The second kappa shape index (κ2) is 9.73. The highest BCUT2D eigenvalue weighted by molar-refractivity contribution is 7.92. The molecule has 28 heavy (non-hydrogen) atoms. The number of carbonyl (C=O) groups is 1. The number of carbonyl (C=O) groups excluding carboxylic acids is 1. The normalized spacial score (nSPS) is 12.4. The van der Waals surface area contributed by atoms with Crippen molar-refractivity contribution in [2.45, 2.75) is 46.1 Å². The zero-order valence-electron chi connectivity index (χ0n) is 17.1. The Labute approximate surface area is 168 Å². The van der Waals surface area contributed by atoms with E-state index in [-0.39, 0.29) is 24.9 Å². The van der Waals surface area contributed by atoms with E-state index in [0.717, 1.165) is 17.5 Å². The summed E-state index contributed by atoms with van der Waals surface area (Å²) in [5, 5.41) is 2.99. The van der Waals surface area contributed by atoms with E-state index in [1.165, 1.54) is 16.1 Å². The van der Waals surface area contributed by atoms with Crippen LogP contribution in [0.3, 0.4) is 0 Å². The van der Waals surface area contributed by atoms with E-state index in [2.05, 4.69) is 24.4 Å². The lowest BCUT2D eigenvalue weighted by molar-refractivity contribution is -0.121. The molecule has 0 heterocycles. The van der Waals surface area contributed by atoms with Crippen molar-refractivity contribution in [2.24, 2.45) is 0 Å². The molecule has 1 atom stereocenters. The molecule has 152 valence electrons. The number of nitrogens with zero attached hydrogens (tertiary/aromatic N) is 1. The van der Waals surface area contributed by atoms with Crippen molar-refractivity contribution in [2.75, 3.05) is 17.1 Å². The molecule has 6 heteroatoms. The second-order valence-electron chi connectivity index (χ2n) is 7.11. The molecule has 2 aromatic carbocycles. The Morgan fingerprint density at radius 2 is 1.75 bits per heavy atom. The lowest BCUT2D eigenvalue weighted by Crippen LogP contribution is -2.33.